The van der Waals surface area contributed by atoms with Gasteiger partial charge >= 0.3 is 6.03 Å². The zero-order valence-corrected chi connectivity index (χ0v) is 16.0. The van der Waals surface area contributed by atoms with Crippen LogP contribution in [-0.2, 0) is 9.53 Å². The summed E-state index contributed by atoms with van der Waals surface area (Å²) in [5, 5.41) is 6.32. The van der Waals surface area contributed by atoms with Crippen LogP contribution >= 0.6 is 11.6 Å². The molecule has 1 aliphatic rings. The highest BCUT2D eigenvalue weighted by Crippen LogP contribution is 2.25. The lowest BCUT2D eigenvalue weighted by Gasteiger charge is -2.33. The van der Waals surface area contributed by atoms with Crippen LogP contribution in [0, 0.1) is 6.92 Å². The Morgan fingerprint density at radius 1 is 1.15 bits per heavy atom. The van der Waals surface area contributed by atoms with E-state index in [1.54, 1.807) is 11.0 Å². The summed E-state index contributed by atoms with van der Waals surface area (Å²) < 4.78 is 5.80. The van der Waals surface area contributed by atoms with Crippen LogP contribution < -0.4 is 10.6 Å². The SMILES string of the molecule is CC(=O)Nc1cc(NC(=O)N2CCOC(c3ccc(Cl)cc3)C2)ccc1C. The molecule has 2 aromatic carbocycles. The van der Waals surface area contributed by atoms with Crippen molar-refractivity contribution in [3.05, 3.63) is 58.6 Å². The fraction of sp³-hybridized carbons (Fsp3) is 0.300. The predicted molar refractivity (Wildman–Crippen MR) is 106 cm³/mol. The van der Waals surface area contributed by atoms with Gasteiger partial charge in [0.05, 0.1) is 13.2 Å². The summed E-state index contributed by atoms with van der Waals surface area (Å²) in [6.07, 6.45) is -0.185. The monoisotopic (exact) mass is 387 g/mol. The van der Waals surface area contributed by atoms with Crippen LogP contribution in [0.3, 0.4) is 0 Å². The first-order valence-electron chi connectivity index (χ1n) is 8.73. The smallest absolute Gasteiger partial charge is 0.322 e. The standard InChI is InChI=1S/C20H22ClN3O3/c1-13-3-8-17(11-18(13)22-14(2)25)23-20(26)24-9-10-27-19(12-24)15-4-6-16(21)7-5-15/h3-8,11,19H,9-10,12H2,1-2H3,(H,22,25)(H,23,26). The van der Waals surface area contributed by atoms with E-state index in [1.807, 2.05) is 43.3 Å². The number of benzene rings is 2. The summed E-state index contributed by atoms with van der Waals surface area (Å²) in [5.41, 5.74) is 3.22. The minimum atomic E-state index is -0.199. The van der Waals surface area contributed by atoms with Crippen molar-refractivity contribution in [1.29, 1.82) is 0 Å². The summed E-state index contributed by atoms with van der Waals surface area (Å²) in [6.45, 7) is 4.79. The van der Waals surface area contributed by atoms with Crippen molar-refractivity contribution in [2.75, 3.05) is 30.3 Å². The first-order valence-corrected chi connectivity index (χ1v) is 9.11. The van der Waals surface area contributed by atoms with Crippen molar-refractivity contribution in [3.8, 4) is 0 Å². The Labute approximate surface area is 163 Å². The summed E-state index contributed by atoms with van der Waals surface area (Å²) in [6, 6.07) is 12.7. The Kier molecular flexibility index (Phi) is 5.98. The molecule has 2 aromatic rings. The fourth-order valence-electron chi connectivity index (χ4n) is 2.94. The molecule has 1 atom stereocenters. The van der Waals surface area contributed by atoms with Gasteiger partial charge in [-0.3, -0.25) is 4.79 Å². The maximum Gasteiger partial charge on any atom is 0.322 e. The Balaban J connectivity index is 1.67. The van der Waals surface area contributed by atoms with Gasteiger partial charge in [-0.2, -0.15) is 0 Å². The number of hydrogen-bond acceptors (Lipinski definition) is 3. The molecule has 1 saturated heterocycles. The molecular weight excluding hydrogens is 366 g/mol. The van der Waals surface area contributed by atoms with Gasteiger partial charge in [0.25, 0.3) is 0 Å². The van der Waals surface area contributed by atoms with E-state index in [0.29, 0.717) is 36.1 Å². The molecular formula is C20H22ClN3O3. The van der Waals surface area contributed by atoms with Crippen molar-refractivity contribution in [3.63, 3.8) is 0 Å². The lowest BCUT2D eigenvalue weighted by Crippen LogP contribution is -2.44. The number of hydrogen-bond donors (Lipinski definition) is 2. The lowest BCUT2D eigenvalue weighted by molar-refractivity contribution is -0.114. The molecule has 27 heavy (non-hydrogen) atoms. The molecule has 142 valence electrons. The quantitative estimate of drug-likeness (QED) is 0.828. The number of ether oxygens (including phenoxy) is 1. The number of carbonyl (C=O) groups is 2. The number of aryl methyl sites for hydroxylation is 1. The molecule has 7 heteroatoms. The van der Waals surface area contributed by atoms with Crippen molar-refractivity contribution >= 4 is 34.9 Å². The molecule has 3 amide bonds. The van der Waals surface area contributed by atoms with Crippen LogP contribution in [-0.4, -0.2) is 36.5 Å². The minimum Gasteiger partial charge on any atom is -0.370 e. The van der Waals surface area contributed by atoms with Crippen LogP contribution in [0.5, 0.6) is 0 Å². The van der Waals surface area contributed by atoms with Crippen molar-refractivity contribution < 1.29 is 14.3 Å². The maximum absolute atomic E-state index is 12.7. The minimum absolute atomic E-state index is 0.152. The molecule has 1 heterocycles. The number of carbonyl (C=O) groups excluding carboxylic acids is 2. The van der Waals surface area contributed by atoms with Crippen LogP contribution in [0.4, 0.5) is 16.2 Å². The lowest BCUT2D eigenvalue weighted by atomic mass is 10.1. The first kappa shape index (κ1) is 19.2. The maximum atomic E-state index is 12.7. The molecule has 0 aromatic heterocycles. The van der Waals surface area contributed by atoms with Gasteiger partial charge in [0, 0.05) is 29.9 Å². The predicted octanol–water partition coefficient (Wildman–Crippen LogP) is 4.21. The largest absolute Gasteiger partial charge is 0.370 e. The van der Waals surface area contributed by atoms with Gasteiger partial charge in [-0.05, 0) is 42.3 Å². The van der Waals surface area contributed by atoms with E-state index in [-0.39, 0.29) is 18.0 Å². The van der Waals surface area contributed by atoms with Gasteiger partial charge in [-0.25, -0.2) is 4.79 Å². The number of nitrogens with zero attached hydrogens (tertiary/aromatic N) is 1. The Hall–Kier alpha value is -2.57. The summed E-state index contributed by atoms with van der Waals surface area (Å²) in [5.74, 6) is -0.152. The van der Waals surface area contributed by atoms with Crippen molar-refractivity contribution in [2.24, 2.45) is 0 Å². The van der Waals surface area contributed by atoms with Gasteiger partial charge < -0.3 is 20.3 Å². The van der Waals surface area contributed by atoms with Gasteiger partial charge in [0.1, 0.15) is 6.10 Å². The third-order valence-corrected chi connectivity index (χ3v) is 4.65. The van der Waals surface area contributed by atoms with E-state index in [9.17, 15) is 9.59 Å². The highest BCUT2D eigenvalue weighted by atomic mass is 35.5. The topological polar surface area (TPSA) is 70.7 Å². The number of amides is 3. The van der Waals surface area contributed by atoms with Crippen LogP contribution in [0.25, 0.3) is 0 Å². The van der Waals surface area contributed by atoms with Gasteiger partial charge in [-0.1, -0.05) is 29.8 Å². The highest BCUT2D eigenvalue weighted by molar-refractivity contribution is 6.30. The van der Waals surface area contributed by atoms with Crippen LogP contribution in [0.2, 0.25) is 5.02 Å². The molecule has 1 aliphatic heterocycles. The Morgan fingerprint density at radius 3 is 2.59 bits per heavy atom. The molecule has 6 nitrogen and oxygen atoms in total. The van der Waals surface area contributed by atoms with E-state index in [2.05, 4.69) is 10.6 Å². The van der Waals surface area contributed by atoms with Gasteiger partial charge in [0.15, 0.2) is 0 Å². The molecule has 0 bridgehead atoms. The van der Waals surface area contributed by atoms with Gasteiger partial charge in [0.2, 0.25) is 5.91 Å². The second-order valence-corrected chi connectivity index (χ2v) is 6.93. The average molecular weight is 388 g/mol. The van der Waals surface area contributed by atoms with Crippen molar-refractivity contribution in [1.82, 2.24) is 4.90 Å². The zero-order valence-electron chi connectivity index (χ0n) is 15.3. The Bertz CT molecular complexity index is 839. The van der Waals surface area contributed by atoms with Crippen LogP contribution in [0.1, 0.15) is 24.2 Å². The number of halogens is 1. The summed E-state index contributed by atoms with van der Waals surface area (Å²) >= 11 is 5.93. The molecule has 1 fully saturated rings. The zero-order chi connectivity index (χ0) is 19.4. The molecule has 3 rings (SSSR count). The second kappa shape index (κ2) is 8.41. The summed E-state index contributed by atoms with van der Waals surface area (Å²) in [7, 11) is 0. The number of nitrogens with one attached hydrogen (secondary N) is 2. The third kappa shape index (κ3) is 4.99. The summed E-state index contributed by atoms with van der Waals surface area (Å²) in [4.78, 5) is 25.7. The average Bonchev–Trinajstić information content (AvgIpc) is 2.65. The molecule has 1 unspecified atom stereocenters. The number of morpholine rings is 1. The van der Waals surface area contributed by atoms with Crippen molar-refractivity contribution in [2.45, 2.75) is 20.0 Å². The van der Waals surface area contributed by atoms with E-state index in [0.717, 1.165) is 11.1 Å². The second-order valence-electron chi connectivity index (χ2n) is 6.50. The number of anilines is 2. The van der Waals surface area contributed by atoms with Crippen LogP contribution in [0.15, 0.2) is 42.5 Å². The van der Waals surface area contributed by atoms with Gasteiger partial charge in [-0.15, -0.1) is 0 Å². The molecule has 2 N–H and O–H groups in total. The highest BCUT2D eigenvalue weighted by Gasteiger charge is 2.25. The fourth-order valence-corrected chi connectivity index (χ4v) is 3.07. The molecule has 0 radical (unpaired) electrons. The number of rotatable bonds is 3. The third-order valence-electron chi connectivity index (χ3n) is 4.39. The van der Waals surface area contributed by atoms with E-state index in [1.165, 1.54) is 6.92 Å². The normalized spacial score (nSPS) is 16.7. The van der Waals surface area contributed by atoms with E-state index < -0.39 is 0 Å². The molecule has 0 aliphatic carbocycles. The molecule has 0 spiro atoms. The number of urea groups is 1. The Morgan fingerprint density at radius 2 is 1.89 bits per heavy atom. The van der Waals surface area contributed by atoms with E-state index in [4.69, 9.17) is 16.3 Å². The molecule has 0 saturated carbocycles. The van der Waals surface area contributed by atoms with E-state index >= 15 is 0 Å². The first-order chi connectivity index (χ1) is 12.9.